The van der Waals surface area contributed by atoms with E-state index in [1.807, 2.05) is 30.3 Å². The van der Waals surface area contributed by atoms with Gasteiger partial charge in [-0.05, 0) is 48.4 Å². The van der Waals surface area contributed by atoms with E-state index in [1.165, 1.54) is 51.4 Å². The second-order valence-electron chi connectivity index (χ2n) is 10.1. The topological polar surface area (TPSA) is 93.7 Å². The molecule has 2 amide bonds. The minimum Gasteiger partial charge on any atom is -0.457 e. The Bertz CT molecular complexity index is 1210. The summed E-state index contributed by atoms with van der Waals surface area (Å²) in [6.07, 6.45) is 12.6. The molecule has 3 rings (SSSR count). The molecule has 0 aliphatic rings. The van der Waals surface area contributed by atoms with Crippen molar-refractivity contribution in [2.45, 2.75) is 77.7 Å². The van der Waals surface area contributed by atoms with Gasteiger partial charge >= 0.3 is 11.9 Å². The predicted molar refractivity (Wildman–Crippen MR) is 161 cm³/mol. The molecule has 0 unspecified atom stereocenters. The largest absolute Gasteiger partial charge is 0.457 e. The summed E-state index contributed by atoms with van der Waals surface area (Å²) < 4.78 is 10.9. The van der Waals surface area contributed by atoms with Gasteiger partial charge in [-0.1, -0.05) is 101 Å². The van der Waals surface area contributed by atoms with E-state index in [0.29, 0.717) is 23.6 Å². The molecule has 0 spiro atoms. The van der Waals surface area contributed by atoms with Crippen molar-refractivity contribution >= 4 is 17.8 Å². The molecule has 0 saturated heterocycles. The lowest BCUT2D eigenvalue weighted by atomic mass is 10.1. The third-order valence-electron chi connectivity index (χ3n) is 6.67. The van der Waals surface area contributed by atoms with Gasteiger partial charge < -0.3 is 20.1 Å². The maximum atomic E-state index is 12.4. The van der Waals surface area contributed by atoms with E-state index in [0.717, 1.165) is 18.4 Å². The summed E-state index contributed by atoms with van der Waals surface area (Å²) in [5, 5.41) is 5.52. The Morgan fingerprint density at radius 3 is 1.93 bits per heavy atom. The van der Waals surface area contributed by atoms with Crippen LogP contribution >= 0.6 is 0 Å². The zero-order valence-electron chi connectivity index (χ0n) is 24.0. The van der Waals surface area contributed by atoms with Crippen molar-refractivity contribution in [2.75, 3.05) is 6.54 Å². The zero-order chi connectivity index (χ0) is 29.1. The van der Waals surface area contributed by atoms with Crippen molar-refractivity contribution in [3.63, 3.8) is 0 Å². The fraction of sp³-hybridized carbons (Fsp3) is 0.382. The third kappa shape index (κ3) is 12.3. The van der Waals surface area contributed by atoms with Crippen LogP contribution in [0.5, 0.6) is 17.2 Å². The van der Waals surface area contributed by atoms with E-state index in [2.05, 4.69) is 17.6 Å². The highest BCUT2D eigenvalue weighted by molar-refractivity contribution is 6.33. The van der Waals surface area contributed by atoms with Crippen LogP contribution in [0.1, 0.15) is 87.1 Å². The Hall–Kier alpha value is -4.13. The summed E-state index contributed by atoms with van der Waals surface area (Å²) in [5.41, 5.74) is 1.32. The molecule has 0 radical (unpaired) electrons. The standard InChI is InChI=1S/C34H42N2O5/c1-2-3-4-5-6-7-8-9-10-14-24-35-32(37)28-22-20-27(21-23-28)26-36-33(38)34(39)41-31-19-15-18-30(25-31)40-29-16-12-11-13-17-29/h11-13,15-23,25H,2-10,14,24,26H2,1H3,(H,35,37)(H,36,38). The normalized spacial score (nSPS) is 10.6. The van der Waals surface area contributed by atoms with E-state index in [-0.39, 0.29) is 18.2 Å². The van der Waals surface area contributed by atoms with Crippen LogP contribution in [-0.2, 0) is 16.1 Å². The number of carbonyl (C=O) groups excluding carboxylic acids is 3. The summed E-state index contributed by atoms with van der Waals surface area (Å²) in [6, 6.07) is 22.7. The van der Waals surface area contributed by atoms with E-state index in [4.69, 9.17) is 9.47 Å². The average molecular weight is 559 g/mol. The van der Waals surface area contributed by atoms with Crippen molar-refractivity contribution in [2.24, 2.45) is 0 Å². The number of nitrogens with one attached hydrogen (secondary N) is 2. The lowest BCUT2D eigenvalue weighted by molar-refractivity contribution is -0.148. The van der Waals surface area contributed by atoms with Crippen molar-refractivity contribution in [1.29, 1.82) is 0 Å². The molecule has 0 bridgehead atoms. The zero-order valence-corrected chi connectivity index (χ0v) is 24.0. The average Bonchev–Trinajstić information content (AvgIpc) is 2.99. The van der Waals surface area contributed by atoms with Crippen molar-refractivity contribution in [1.82, 2.24) is 10.6 Å². The number of carbonyl (C=O) groups is 3. The lowest BCUT2D eigenvalue weighted by Gasteiger charge is -2.09. The van der Waals surface area contributed by atoms with Gasteiger partial charge in [-0.3, -0.25) is 9.59 Å². The first kappa shape index (κ1) is 31.4. The highest BCUT2D eigenvalue weighted by atomic mass is 16.5. The molecule has 41 heavy (non-hydrogen) atoms. The summed E-state index contributed by atoms with van der Waals surface area (Å²) in [4.78, 5) is 37.0. The third-order valence-corrected chi connectivity index (χ3v) is 6.67. The second-order valence-corrected chi connectivity index (χ2v) is 10.1. The van der Waals surface area contributed by atoms with Gasteiger partial charge in [-0.2, -0.15) is 0 Å². The van der Waals surface area contributed by atoms with Crippen LogP contribution in [0.2, 0.25) is 0 Å². The molecule has 3 aromatic rings. The minimum atomic E-state index is -1.02. The smallest absolute Gasteiger partial charge is 0.402 e. The van der Waals surface area contributed by atoms with Gasteiger partial charge in [0.1, 0.15) is 17.2 Å². The monoisotopic (exact) mass is 558 g/mol. The Balaban J connectivity index is 1.31. The number of esters is 1. The number of hydrogen-bond donors (Lipinski definition) is 2. The van der Waals surface area contributed by atoms with Crippen LogP contribution < -0.4 is 20.1 Å². The van der Waals surface area contributed by atoms with Crippen LogP contribution in [0, 0.1) is 0 Å². The summed E-state index contributed by atoms with van der Waals surface area (Å²) in [6.45, 7) is 3.03. The number of hydrogen-bond acceptors (Lipinski definition) is 5. The first-order chi connectivity index (χ1) is 20.0. The van der Waals surface area contributed by atoms with Crippen LogP contribution in [0.4, 0.5) is 0 Å². The number of ether oxygens (including phenoxy) is 2. The molecular formula is C34H42N2O5. The van der Waals surface area contributed by atoms with E-state index in [1.54, 1.807) is 48.5 Å². The van der Waals surface area contributed by atoms with Crippen molar-refractivity contribution < 1.29 is 23.9 Å². The molecule has 2 N–H and O–H groups in total. The highest BCUT2D eigenvalue weighted by Crippen LogP contribution is 2.25. The van der Waals surface area contributed by atoms with Crippen LogP contribution in [0.25, 0.3) is 0 Å². The summed E-state index contributed by atoms with van der Waals surface area (Å²) in [5.74, 6) is -0.673. The SMILES string of the molecule is CCCCCCCCCCCCNC(=O)c1ccc(CNC(=O)C(=O)Oc2cccc(Oc3ccccc3)c2)cc1. The molecule has 0 fully saturated rings. The summed E-state index contributed by atoms with van der Waals surface area (Å²) >= 11 is 0. The molecule has 0 heterocycles. The molecule has 0 aliphatic heterocycles. The molecule has 218 valence electrons. The molecule has 3 aromatic carbocycles. The summed E-state index contributed by atoms with van der Waals surface area (Å²) in [7, 11) is 0. The van der Waals surface area contributed by atoms with Crippen molar-refractivity contribution in [3.8, 4) is 17.2 Å². The maximum Gasteiger partial charge on any atom is 0.402 e. The number of benzene rings is 3. The van der Waals surface area contributed by atoms with Crippen LogP contribution in [0.15, 0.2) is 78.9 Å². The number of unbranched alkanes of at least 4 members (excludes halogenated alkanes) is 9. The minimum absolute atomic E-state index is 0.112. The van der Waals surface area contributed by atoms with Gasteiger partial charge in [0.25, 0.3) is 5.91 Å². The quantitative estimate of drug-likeness (QED) is 0.0782. The van der Waals surface area contributed by atoms with Gasteiger partial charge in [-0.25, -0.2) is 4.79 Å². The Labute approximate surface area is 243 Å². The van der Waals surface area contributed by atoms with Gasteiger partial charge in [0, 0.05) is 24.7 Å². The second kappa shape index (κ2) is 18.3. The number of amides is 2. The fourth-order valence-electron chi connectivity index (χ4n) is 4.32. The molecular weight excluding hydrogens is 516 g/mol. The number of rotatable bonds is 17. The molecule has 7 nitrogen and oxygen atoms in total. The maximum absolute atomic E-state index is 12.4. The number of para-hydroxylation sites is 1. The van der Waals surface area contributed by atoms with E-state index in [9.17, 15) is 14.4 Å². The molecule has 0 aliphatic carbocycles. The molecule has 0 saturated carbocycles. The predicted octanol–water partition coefficient (Wildman–Crippen LogP) is 7.35. The Morgan fingerprint density at radius 2 is 1.24 bits per heavy atom. The van der Waals surface area contributed by atoms with E-state index < -0.39 is 11.9 Å². The first-order valence-electron chi connectivity index (χ1n) is 14.8. The Morgan fingerprint density at radius 1 is 0.634 bits per heavy atom. The van der Waals surface area contributed by atoms with E-state index >= 15 is 0 Å². The molecule has 0 atom stereocenters. The van der Waals surface area contributed by atoms with Gasteiger partial charge in [0.15, 0.2) is 0 Å². The Kier molecular flexibility index (Phi) is 14.0. The highest BCUT2D eigenvalue weighted by Gasteiger charge is 2.16. The van der Waals surface area contributed by atoms with Crippen molar-refractivity contribution in [3.05, 3.63) is 90.0 Å². The molecule has 7 heteroatoms. The van der Waals surface area contributed by atoms with Crippen LogP contribution in [-0.4, -0.2) is 24.3 Å². The lowest BCUT2D eigenvalue weighted by Crippen LogP contribution is -2.33. The van der Waals surface area contributed by atoms with Gasteiger partial charge in [0.2, 0.25) is 0 Å². The fourth-order valence-corrected chi connectivity index (χ4v) is 4.32. The van der Waals surface area contributed by atoms with Gasteiger partial charge in [-0.15, -0.1) is 0 Å². The van der Waals surface area contributed by atoms with Crippen LogP contribution in [0.3, 0.4) is 0 Å². The van der Waals surface area contributed by atoms with Gasteiger partial charge in [0.05, 0.1) is 0 Å². The molecule has 0 aromatic heterocycles. The first-order valence-corrected chi connectivity index (χ1v) is 14.8.